The van der Waals surface area contributed by atoms with Crippen molar-refractivity contribution in [2.45, 2.75) is 32.2 Å². The third-order valence-corrected chi connectivity index (χ3v) is 4.08. The number of hydrogen-bond donors (Lipinski definition) is 2. The van der Waals surface area contributed by atoms with Gasteiger partial charge < -0.3 is 10.6 Å². The van der Waals surface area contributed by atoms with Crippen LogP contribution in [0, 0.1) is 11.7 Å². The highest BCUT2D eigenvalue weighted by atomic mass is 127. The number of halogens is 3. The van der Waals surface area contributed by atoms with Crippen molar-refractivity contribution in [1.82, 2.24) is 10.6 Å². The average Bonchev–Trinajstić information content (AvgIpc) is 3.10. The van der Waals surface area contributed by atoms with Crippen molar-refractivity contribution in [2.24, 2.45) is 10.9 Å². The first kappa shape index (κ1) is 18.7. The van der Waals surface area contributed by atoms with Crippen molar-refractivity contribution in [1.29, 1.82) is 0 Å². The smallest absolute Gasteiger partial charge is 0.191 e. The van der Waals surface area contributed by atoms with Gasteiger partial charge in [0.05, 0.1) is 0 Å². The largest absolute Gasteiger partial charge is 0.356 e. The third kappa shape index (κ3) is 6.10. The summed E-state index contributed by atoms with van der Waals surface area (Å²) in [5.74, 6) is 1.44. The van der Waals surface area contributed by atoms with Gasteiger partial charge in [0.1, 0.15) is 5.82 Å². The highest BCUT2D eigenvalue weighted by Gasteiger charge is 2.33. The van der Waals surface area contributed by atoms with Gasteiger partial charge in [-0.05, 0) is 42.9 Å². The molecule has 2 rings (SSSR count). The van der Waals surface area contributed by atoms with Crippen molar-refractivity contribution in [3.63, 3.8) is 0 Å². The molecule has 118 valence electrons. The van der Waals surface area contributed by atoms with Crippen LogP contribution in [0.1, 0.15) is 25.3 Å². The monoisotopic (exact) mass is 469 g/mol. The minimum Gasteiger partial charge on any atom is -0.356 e. The Morgan fingerprint density at radius 2 is 2.19 bits per heavy atom. The molecule has 0 bridgehead atoms. The van der Waals surface area contributed by atoms with Crippen LogP contribution in [0.2, 0.25) is 0 Å². The van der Waals surface area contributed by atoms with Gasteiger partial charge in [-0.2, -0.15) is 0 Å². The van der Waals surface area contributed by atoms with E-state index < -0.39 is 0 Å². The second-order valence-electron chi connectivity index (χ2n) is 5.30. The highest BCUT2D eigenvalue weighted by Crippen LogP contribution is 2.28. The lowest BCUT2D eigenvalue weighted by atomic mass is 10.1. The summed E-state index contributed by atoms with van der Waals surface area (Å²) in [4.78, 5) is 4.19. The van der Waals surface area contributed by atoms with Crippen molar-refractivity contribution in [3.8, 4) is 0 Å². The van der Waals surface area contributed by atoms with E-state index in [0.717, 1.165) is 41.3 Å². The first-order valence-corrected chi connectivity index (χ1v) is 7.80. The number of nitrogens with zero attached hydrogens (tertiary/aromatic N) is 1. The minimum atomic E-state index is -0.145. The Morgan fingerprint density at radius 3 is 2.76 bits per heavy atom. The van der Waals surface area contributed by atoms with E-state index in [1.54, 1.807) is 7.05 Å². The molecule has 1 aliphatic rings. The maximum absolute atomic E-state index is 13.6. The number of guanidine groups is 1. The van der Waals surface area contributed by atoms with Crippen LogP contribution < -0.4 is 10.6 Å². The van der Waals surface area contributed by atoms with Crippen LogP contribution in [0.4, 0.5) is 4.39 Å². The summed E-state index contributed by atoms with van der Waals surface area (Å²) in [5, 5.41) is 6.64. The Labute approximate surface area is 151 Å². The third-order valence-electron chi connectivity index (χ3n) is 3.59. The minimum absolute atomic E-state index is 0. The average molecular weight is 470 g/mol. The van der Waals surface area contributed by atoms with E-state index in [1.165, 1.54) is 12.5 Å². The number of nitrogens with one attached hydrogen (secondary N) is 2. The first-order chi connectivity index (χ1) is 9.60. The molecule has 0 spiro atoms. The zero-order valence-electron chi connectivity index (χ0n) is 12.3. The molecule has 6 heteroatoms. The summed E-state index contributed by atoms with van der Waals surface area (Å²) in [5.41, 5.74) is 0.758. The van der Waals surface area contributed by atoms with E-state index >= 15 is 0 Å². The fourth-order valence-electron chi connectivity index (χ4n) is 2.10. The van der Waals surface area contributed by atoms with Gasteiger partial charge in [-0.15, -0.1) is 24.0 Å². The standard InChI is InChI=1S/C15H21BrFN3.HI/c1-10-8-14(10)20-15(18-2)19-7-3-4-11-5-6-12(16)9-13(11)17;/h5-6,9-10,14H,3-4,7-8H2,1-2H3,(H2,18,19,20);1H. The quantitative estimate of drug-likeness (QED) is 0.298. The van der Waals surface area contributed by atoms with Gasteiger partial charge >= 0.3 is 0 Å². The molecule has 0 heterocycles. The topological polar surface area (TPSA) is 36.4 Å². The molecule has 1 aromatic rings. The van der Waals surface area contributed by atoms with Crippen molar-refractivity contribution in [3.05, 3.63) is 34.1 Å². The van der Waals surface area contributed by atoms with Crippen molar-refractivity contribution < 1.29 is 4.39 Å². The second kappa shape index (κ2) is 8.92. The second-order valence-corrected chi connectivity index (χ2v) is 6.22. The molecule has 3 nitrogen and oxygen atoms in total. The van der Waals surface area contributed by atoms with Gasteiger partial charge in [-0.25, -0.2) is 4.39 Å². The van der Waals surface area contributed by atoms with Gasteiger partial charge in [-0.1, -0.05) is 28.9 Å². The number of rotatable bonds is 5. The summed E-state index contributed by atoms with van der Waals surface area (Å²) in [6.45, 7) is 3.01. The van der Waals surface area contributed by atoms with Crippen LogP contribution in [-0.4, -0.2) is 25.6 Å². The summed E-state index contributed by atoms with van der Waals surface area (Å²) in [6.07, 6.45) is 2.81. The van der Waals surface area contributed by atoms with Gasteiger partial charge in [0, 0.05) is 24.1 Å². The molecule has 0 saturated heterocycles. The first-order valence-electron chi connectivity index (χ1n) is 7.01. The normalized spacial score (nSPS) is 20.7. The SMILES string of the molecule is CN=C(NCCCc1ccc(Br)cc1F)NC1CC1C.I. The Kier molecular flexibility index (Phi) is 7.94. The molecular formula is C15H22BrFIN3. The Hall–Kier alpha value is -0.370. The van der Waals surface area contributed by atoms with Crippen molar-refractivity contribution in [2.75, 3.05) is 13.6 Å². The van der Waals surface area contributed by atoms with E-state index in [-0.39, 0.29) is 29.8 Å². The molecular weight excluding hydrogens is 448 g/mol. The lowest BCUT2D eigenvalue weighted by Crippen LogP contribution is -2.39. The summed E-state index contributed by atoms with van der Waals surface area (Å²) in [6, 6.07) is 5.78. The number of benzene rings is 1. The molecule has 0 radical (unpaired) electrons. The number of aliphatic imine (C=N–C) groups is 1. The summed E-state index contributed by atoms with van der Waals surface area (Å²) >= 11 is 3.26. The predicted octanol–water partition coefficient (Wildman–Crippen LogP) is 3.71. The van der Waals surface area contributed by atoms with Gasteiger partial charge in [0.2, 0.25) is 0 Å². The van der Waals surface area contributed by atoms with Gasteiger partial charge in [0.15, 0.2) is 5.96 Å². The Balaban J connectivity index is 0.00000220. The molecule has 0 aliphatic heterocycles. The van der Waals surface area contributed by atoms with Crippen LogP contribution in [0.25, 0.3) is 0 Å². The predicted molar refractivity (Wildman–Crippen MR) is 99.9 cm³/mol. The van der Waals surface area contributed by atoms with E-state index in [4.69, 9.17) is 0 Å². The lowest BCUT2D eigenvalue weighted by Gasteiger charge is -2.11. The molecule has 1 aliphatic carbocycles. The zero-order valence-corrected chi connectivity index (χ0v) is 16.2. The molecule has 0 aromatic heterocycles. The lowest BCUT2D eigenvalue weighted by molar-refractivity contribution is 0.601. The number of hydrogen-bond acceptors (Lipinski definition) is 1. The summed E-state index contributed by atoms with van der Waals surface area (Å²) < 4.78 is 14.4. The molecule has 1 fully saturated rings. The van der Waals surface area contributed by atoms with Crippen LogP contribution in [0.3, 0.4) is 0 Å². The maximum atomic E-state index is 13.6. The van der Waals surface area contributed by atoms with E-state index in [9.17, 15) is 4.39 Å². The van der Waals surface area contributed by atoms with E-state index in [0.29, 0.717) is 6.04 Å². The van der Waals surface area contributed by atoms with Gasteiger partial charge in [-0.3, -0.25) is 4.99 Å². The zero-order chi connectivity index (χ0) is 14.5. The molecule has 2 atom stereocenters. The van der Waals surface area contributed by atoms with Crippen LogP contribution in [-0.2, 0) is 6.42 Å². The maximum Gasteiger partial charge on any atom is 0.191 e. The molecule has 2 unspecified atom stereocenters. The van der Waals surface area contributed by atoms with Crippen LogP contribution in [0.5, 0.6) is 0 Å². The Morgan fingerprint density at radius 1 is 1.48 bits per heavy atom. The fourth-order valence-corrected chi connectivity index (χ4v) is 2.44. The van der Waals surface area contributed by atoms with Crippen LogP contribution in [0.15, 0.2) is 27.7 Å². The molecule has 0 amide bonds. The highest BCUT2D eigenvalue weighted by molar-refractivity contribution is 14.0. The molecule has 1 aromatic carbocycles. The molecule has 1 saturated carbocycles. The molecule has 2 N–H and O–H groups in total. The van der Waals surface area contributed by atoms with Crippen LogP contribution >= 0.6 is 39.9 Å². The number of aryl methyl sites for hydroxylation is 1. The van der Waals surface area contributed by atoms with Gasteiger partial charge in [0.25, 0.3) is 0 Å². The van der Waals surface area contributed by atoms with Crippen molar-refractivity contribution >= 4 is 45.9 Å². The van der Waals surface area contributed by atoms with E-state index in [2.05, 4.69) is 38.5 Å². The van der Waals surface area contributed by atoms with E-state index in [1.807, 2.05) is 12.1 Å². The Bertz CT molecular complexity index is 496. The molecule has 21 heavy (non-hydrogen) atoms. The summed E-state index contributed by atoms with van der Waals surface area (Å²) in [7, 11) is 1.77. The fraction of sp³-hybridized carbons (Fsp3) is 0.533.